The Hall–Kier alpha value is -0.860. The number of hydrogen-bond donors (Lipinski definition) is 1. The molecule has 1 aliphatic rings. The largest absolute Gasteiger partial charge is 0.329 e. The minimum Gasteiger partial charge on any atom is -0.329 e. The highest BCUT2D eigenvalue weighted by Crippen LogP contribution is 2.26. The lowest BCUT2D eigenvalue weighted by Gasteiger charge is -2.37. The van der Waals surface area contributed by atoms with Crippen molar-refractivity contribution in [3.05, 3.63) is 35.4 Å². The summed E-state index contributed by atoms with van der Waals surface area (Å²) in [6, 6.07) is 9.23. The van der Waals surface area contributed by atoms with Crippen molar-refractivity contribution in [2.75, 3.05) is 19.6 Å². The van der Waals surface area contributed by atoms with Gasteiger partial charge in [0.05, 0.1) is 0 Å². The van der Waals surface area contributed by atoms with E-state index in [1.165, 1.54) is 37.1 Å². The lowest BCUT2D eigenvalue weighted by molar-refractivity contribution is 0.133. The van der Waals surface area contributed by atoms with Gasteiger partial charge in [0.2, 0.25) is 0 Å². The lowest BCUT2D eigenvalue weighted by Crippen LogP contribution is -2.40. The average Bonchev–Trinajstić information content (AvgIpc) is 2.33. The SMILES string of the molecule is Cc1ccc([C@@H](CN)N2CCC[C@@H](C)C2)cc1. The minimum atomic E-state index is 0.401. The van der Waals surface area contributed by atoms with Gasteiger partial charge in [0.25, 0.3) is 0 Å². The van der Waals surface area contributed by atoms with E-state index in [4.69, 9.17) is 5.73 Å². The molecule has 1 heterocycles. The molecular formula is C15H24N2. The van der Waals surface area contributed by atoms with Crippen molar-refractivity contribution < 1.29 is 0 Å². The molecule has 0 saturated carbocycles. The predicted octanol–water partition coefficient (Wildman–Crippen LogP) is 2.73. The molecule has 0 unspecified atom stereocenters. The fourth-order valence-corrected chi connectivity index (χ4v) is 2.79. The molecule has 1 saturated heterocycles. The molecule has 0 bridgehead atoms. The van der Waals surface area contributed by atoms with Gasteiger partial charge in [-0.2, -0.15) is 0 Å². The Labute approximate surface area is 105 Å². The van der Waals surface area contributed by atoms with Crippen molar-refractivity contribution >= 4 is 0 Å². The first-order valence-corrected chi connectivity index (χ1v) is 6.71. The van der Waals surface area contributed by atoms with Gasteiger partial charge in [-0.15, -0.1) is 0 Å². The van der Waals surface area contributed by atoms with E-state index >= 15 is 0 Å². The van der Waals surface area contributed by atoms with E-state index in [1.807, 2.05) is 0 Å². The maximum absolute atomic E-state index is 5.98. The first-order chi connectivity index (χ1) is 8.20. The van der Waals surface area contributed by atoms with E-state index in [-0.39, 0.29) is 0 Å². The maximum atomic E-state index is 5.98. The van der Waals surface area contributed by atoms with Gasteiger partial charge in [0.1, 0.15) is 0 Å². The monoisotopic (exact) mass is 232 g/mol. The molecule has 0 radical (unpaired) electrons. The van der Waals surface area contributed by atoms with Crippen LogP contribution in [0.15, 0.2) is 24.3 Å². The van der Waals surface area contributed by atoms with Crippen molar-refractivity contribution in [1.29, 1.82) is 0 Å². The summed E-state index contributed by atoms with van der Waals surface area (Å²) in [6.45, 7) is 7.57. The highest BCUT2D eigenvalue weighted by molar-refractivity contribution is 5.24. The predicted molar refractivity (Wildman–Crippen MR) is 72.9 cm³/mol. The van der Waals surface area contributed by atoms with Crippen LogP contribution in [0.2, 0.25) is 0 Å². The second-order valence-electron chi connectivity index (χ2n) is 5.40. The summed E-state index contributed by atoms with van der Waals surface area (Å²) in [4.78, 5) is 2.55. The molecule has 2 heteroatoms. The standard InChI is InChI=1S/C15H24N2/c1-12-5-7-14(8-6-12)15(10-16)17-9-3-4-13(2)11-17/h5-8,13,15H,3-4,9-11,16H2,1-2H3/t13-,15-/m1/s1. The molecule has 0 amide bonds. The fraction of sp³-hybridized carbons (Fsp3) is 0.600. The number of likely N-dealkylation sites (tertiary alicyclic amines) is 1. The Balaban J connectivity index is 2.12. The van der Waals surface area contributed by atoms with E-state index in [0.717, 1.165) is 12.5 Å². The number of hydrogen-bond acceptors (Lipinski definition) is 2. The van der Waals surface area contributed by atoms with Crippen molar-refractivity contribution in [1.82, 2.24) is 4.90 Å². The molecule has 1 aromatic rings. The highest BCUT2D eigenvalue weighted by Gasteiger charge is 2.23. The van der Waals surface area contributed by atoms with Crippen LogP contribution in [0, 0.1) is 12.8 Å². The summed E-state index contributed by atoms with van der Waals surface area (Å²) >= 11 is 0. The van der Waals surface area contributed by atoms with Crippen molar-refractivity contribution in [2.24, 2.45) is 11.7 Å². The number of piperidine rings is 1. The summed E-state index contributed by atoms with van der Waals surface area (Å²) in [7, 11) is 0. The van der Waals surface area contributed by atoms with Gasteiger partial charge in [-0.05, 0) is 37.8 Å². The Kier molecular flexibility index (Phi) is 4.19. The zero-order valence-electron chi connectivity index (χ0n) is 11.0. The molecule has 2 atom stereocenters. The minimum absolute atomic E-state index is 0.401. The molecule has 2 nitrogen and oxygen atoms in total. The smallest absolute Gasteiger partial charge is 0.0470 e. The van der Waals surface area contributed by atoms with E-state index in [2.05, 4.69) is 43.0 Å². The van der Waals surface area contributed by atoms with E-state index in [9.17, 15) is 0 Å². The summed E-state index contributed by atoms with van der Waals surface area (Å²) in [5, 5.41) is 0. The molecule has 0 aromatic heterocycles. The molecule has 0 spiro atoms. The van der Waals surface area contributed by atoms with E-state index in [0.29, 0.717) is 6.04 Å². The van der Waals surface area contributed by atoms with Crippen LogP contribution < -0.4 is 5.73 Å². The molecule has 1 aliphatic heterocycles. The van der Waals surface area contributed by atoms with Gasteiger partial charge in [0, 0.05) is 19.1 Å². The van der Waals surface area contributed by atoms with Crippen molar-refractivity contribution in [3.63, 3.8) is 0 Å². The summed E-state index contributed by atoms with van der Waals surface area (Å²) in [6.07, 6.45) is 2.67. The van der Waals surface area contributed by atoms with E-state index < -0.39 is 0 Å². The Morgan fingerprint density at radius 3 is 2.65 bits per heavy atom. The molecule has 0 aliphatic carbocycles. The first kappa shape index (κ1) is 12.6. The maximum Gasteiger partial charge on any atom is 0.0470 e. The Morgan fingerprint density at radius 1 is 1.35 bits per heavy atom. The third kappa shape index (κ3) is 3.08. The van der Waals surface area contributed by atoms with E-state index in [1.54, 1.807) is 0 Å². The second-order valence-corrected chi connectivity index (χ2v) is 5.40. The molecule has 1 aromatic carbocycles. The lowest BCUT2D eigenvalue weighted by atomic mass is 9.96. The van der Waals surface area contributed by atoms with Crippen molar-refractivity contribution in [2.45, 2.75) is 32.7 Å². The Bertz CT molecular complexity index is 344. The molecular weight excluding hydrogens is 208 g/mol. The second kappa shape index (κ2) is 5.65. The van der Waals surface area contributed by atoms with Crippen LogP contribution >= 0.6 is 0 Å². The van der Waals surface area contributed by atoms with Gasteiger partial charge < -0.3 is 5.73 Å². The van der Waals surface area contributed by atoms with Crippen LogP contribution in [0.1, 0.15) is 36.9 Å². The summed E-state index contributed by atoms with van der Waals surface area (Å²) in [5.74, 6) is 0.809. The summed E-state index contributed by atoms with van der Waals surface area (Å²) < 4.78 is 0. The fourth-order valence-electron chi connectivity index (χ4n) is 2.79. The number of aryl methyl sites for hydroxylation is 1. The van der Waals surface area contributed by atoms with Gasteiger partial charge in [-0.25, -0.2) is 0 Å². The van der Waals surface area contributed by atoms with Crippen LogP contribution in [-0.2, 0) is 0 Å². The number of nitrogens with two attached hydrogens (primary N) is 1. The zero-order chi connectivity index (χ0) is 12.3. The summed E-state index contributed by atoms with van der Waals surface area (Å²) in [5.41, 5.74) is 8.66. The van der Waals surface area contributed by atoms with Crippen LogP contribution in [-0.4, -0.2) is 24.5 Å². The first-order valence-electron chi connectivity index (χ1n) is 6.71. The third-order valence-electron chi connectivity index (χ3n) is 3.81. The molecule has 2 rings (SSSR count). The molecule has 2 N–H and O–H groups in total. The zero-order valence-corrected chi connectivity index (χ0v) is 11.0. The van der Waals surface area contributed by atoms with Crippen LogP contribution in [0.5, 0.6) is 0 Å². The van der Waals surface area contributed by atoms with Gasteiger partial charge in [-0.3, -0.25) is 4.90 Å². The van der Waals surface area contributed by atoms with Gasteiger partial charge in [0.15, 0.2) is 0 Å². The highest BCUT2D eigenvalue weighted by atomic mass is 15.2. The molecule has 17 heavy (non-hydrogen) atoms. The number of nitrogens with zero attached hydrogens (tertiary/aromatic N) is 1. The number of benzene rings is 1. The van der Waals surface area contributed by atoms with Gasteiger partial charge in [-0.1, -0.05) is 36.8 Å². The average molecular weight is 232 g/mol. The normalized spacial score (nSPS) is 23.6. The molecule has 94 valence electrons. The van der Waals surface area contributed by atoms with Crippen LogP contribution in [0.25, 0.3) is 0 Å². The number of rotatable bonds is 3. The van der Waals surface area contributed by atoms with Crippen LogP contribution in [0.4, 0.5) is 0 Å². The third-order valence-corrected chi connectivity index (χ3v) is 3.81. The quantitative estimate of drug-likeness (QED) is 0.868. The van der Waals surface area contributed by atoms with Crippen LogP contribution in [0.3, 0.4) is 0 Å². The van der Waals surface area contributed by atoms with Crippen molar-refractivity contribution in [3.8, 4) is 0 Å². The van der Waals surface area contributed by atoms with Gasteiger partial charge >= 0.3 is 0 Å². The topological polar surface area (TPSA) is 29.3 Å². The Morgan fingerprint density at radius 2 is 2.06 bits per heavy atom. The molecule has 1 fully saturated rings.